The number of nitriles is 1. The zero-order valence-electron chi connectivity index (χ0n) is 10.00. The Bertz CT molecular complexity index is 558. The molecule has 0 aromatic carbocycles. The monoisotopic (exact) mass is 243 g/mol. The van der Waals surface area contributed by atoms with Crippen molar-refractivity contribution in [3.05, 3.63) is 36.4 Å². The smallest absolute Gasteiger partial charge is 0.142 e. The van der Waals surface area contributed by atoms with E-state index in [1.807, 2.05) is 12.3 Å². The Morgan fingerprint density at radius 2 is 2.39 bits per heavy atom. The van der Waals surface area contributed by atoms with E-state index in [1.54, 1.807) is 36.3 Å². The van der Waals surface area contributed by atoms with Crippen LogP contribution < -0.4 is 5.32 Å². The summed E-state index contributed by atoms with van der Waals surface area (Å²) in [6.07, 6.45) is 5.20. The molecule has 2 heterocycles. The number of methoxy groups -OCH3 is 1. The molecular weight excluding hydrogens is 230 g/mol. The van der Waals surface area contributed by atoms with Gasteiger partial charge in [-0.15, -0.1) is 0 Å². The molecule has 0 spiro atoms. The molecule has 6 nitrogen and oxygen atoms in total. The second-order valence-corrected chi connectivity index (χ2v) is 3.65. The first-order chi connectivity index (χ1) is 8.81. The molecule has 0 aliphatic carbocycles. The number of aromatic nitrogens is 3. The van der Waals surface area contributed by atoms with Gasteiger partial charge in [-0.1, -0.05) is 0 Å². The number of anilines is 2. The van der Waals surface area contributed by atoms with Crippen molar-refractivity contribution in [3.8, 4) is 6.07 Å². The van der Waals surface area contributed by atoms with Gasteiger partial charge < -0.3 is 10.1 Å². The summed E-state index contributed by atoms with van der Waals surface area (Å²) in [6, 6.07) is 5.48. The largest absolute Gasteiger partial charge is 0.383 e. The van der Waals surface area contributed by atoms with Crippen molar-refractivity contribution in [2.45, 2.75) is 6.54 Å². The van der Waals surface area contributed by atoms with Crippen LogP contribution in [0.25, 0.3) is 0 Å². The molecule has 2 aromatic rings. The van der Waals surface area contributed by atoms with Gasteiger partial charge in [-0.3, -0.25) is 4.68 Å². The molecule has 0 amide bonds. The Balaban J connectivity index is 2.04. The predicted octanol–water partition coefficient (Wildman–Crippen LogP) is 1.54. The number of ether oxygens (including phenoxy) is 1. The number of hydrogen-bond donors (Lipinski definition) is 1. The lowest BCUT2D eigenvalue weighted by atomic mass is 10.3. The Morgan fingerprint density at radius 1 is 1.50 bits per heavy atom. The van der Waals surface area contributed by atoms with Gasteiger partial charge in [0.1, 0.15) is 11.8 Å². The lowest BCUT2D eigenvalue weighted by molar-refractivity contribution is 0.183. The third-order valence-corrected chi connectivity index (χ3v) is 2.32. The van der Waals surface area contributed by atoms with Gasteiger partial charge in [0.25, 0.3) is 0 Å². The highest BCUT2D eigenvalue weighted by atomic mass is 16.5. The molecule has 92 valence electrons. The van der Waals surface area contributed by atoms with E-state index in [1.165, 1.54) is 0 Å². The lowest BCUT2D eigenvalue weighted by Gasteiger charge is -2.02. The summed E-state index contributed by atoms with van der Waals surface area (Å²) in [5.74, 6) is 0. The number of hydrogen-bond acceptors (Lipinski definition) is 5. The first kappa shape index (κ1) is 12.1. The fourth-order valence-corrected chi connectivity index (χ4v) is 1.47. The Labute approximate surface area is 105 Å². The van der Waals surface area contributed by atoms with Gasteiger partial charge in [0, 0.05) is 25.2 Å². The molecule has 0 aliphatic heterocycles. The Morgan fingerprint density at radius 3 is 3.17 bits per heavy atom. The number of nitrogens with one attached hydrogen (secondary N) is 1. The summed E-state index contributed by atoms with van der Waals surface area (Å²) in [5.41, 5.74) is 2.06. The maximum Gasteiger partial charge on any atom is 0.142 e. The van der Waals surface area contributed by atoms with E-state index in [0.29, 0.717) is 18.8 Å². The van der Waals surface area contributed by atoms with Crippen molar-refractivity contribution in [1.29, 1.82) is 5.26 Å². The highest BCUT2D eigenvalue weighted by Gasteiger charge is 2.00. The van der Waals surface area contributed by atoms with Gasteiger partial charge in [-0.05, 0) is 12.1 Å². The minimum absolute atomic E-state index is 0.381. The molecule has 18 heavy (non-hydrogen) atoms. The van der Waals surface area contributed by atoms with Crippen LogP contribution in [0.1, 0.15) is 5.69 Å². The predicted molar refractivity (Wildman–Crippen MR) is 66.3 cm³/mol. The van der Waals surface area contributed by atoms with E-state index in [0.717, 1.165) is 11.4 Å². The van der Waals surface area contributed by atoms with Crippen LogP contribution in [0.4, 0.5) is 11.4 Å². The van der Waals surface area contributed by atoms with Crippen molar-refractivity contribution >= 4 is 11.4 Å². The second-order valence-electron chi connectivity index (χ2n) is 3.65. The lowest BCUT2D eigenvalue weighted by Crippen LogP contribution is -2.03. The average molecular weight is 243 g/mol. The molecule has 0 bridgehead atoms. The van der Waals surface area contributed by atoms with E-state index in [4.69, 9.17) is 10.00 Å². The zero-order valence-corrected chi connectivity index (χ0v) is 10.00. The molecule has 1 N–H and O–H groups in total. The molecule has 2 rings (SSSR count). The fraction of sp³-hybridized carbons (Fsp3) is 0.250. The van der Waals surface area contributed by atoms with Crippen LogP contribution in [0.2, 0.25) is 0 Å². The highest BCUT2D eigenvalue weighted by molar-refractivity contribution is 5.58. The standard InChI is InChI=1S/C12H13N5O/c1-18-5-4-17-9-12(8-15-17)16-10-2-3-14-11(6-10)7-13/h2-3,6,8-9H,4-5H2,1H3,(H,14,16). The number of nitrogens with zero attached hydrogens (tertiary/aromatic N) is 4. The summed E-state index contributed by atoms with van der Waals surface area (Å²) < 4.78 is 6.77. The summed E-state index contributed by atoms with van der Waals surface area (Å²) >= 11 is 0. The maximum absolute atomic E-state index is 8.76. The van der Waals surface area contributed by atoms with Crippen LogP contribution in [0.5, 0.6) is 0 Å². The van der Waals surface area contributed by atoms with Gasteiger partial charge in [0.2, 0.25) is 0 Å². The number of pyridine rings is 1. The zero-order chi connectivity index (χ0) is 12.8. The van der Waals surface area contributed by atoms with Crippen LogP contribution in [0, 0.1) is 11.3 Å². The Kier molecular flexibility index (Phi) is 3.89. The molecule has 0 aliphatic rings. The van der Waals surface area contributed by atoms with Crippen LogP contribution in [-0.2, 0) is 11.3 Å². The first-order valence-electron chi connectivity index (χ1n) is 5.46. The van der Waals surface area contributed by atoms with Crippen LogP contribution in [0.15, 0.2) is 30.7 Å². The van der Waals surface area contributed by atoms with Crippen molar-refractivity contribution in [1.82, 2.24) is 14.8 Å². The molecule has 6 heteroatoms. The highest BCUT2D eigenvalue weighted by Crippen LogP contribution is 2.15. The molecular formula is C12H13N5O. The second kappa shape index (κ2) is 5.80. The third-order valence-electron chi connectivity index (χ3n) is 2.32. The summed E-state index contributed by atoms with van der Waals surface area (Å²) in [7, 11) is 1.66. The quantitative estimate of drug-likeness (QED) is 0.862. The topological polar surface area (TPSA) is 75.8 Å². The SMILES string of the molecule is COCCn1cc(Nc2ccnc(C#N)c2)cn1. The van der Waals surface area contributed by atoms with E-state index < -0.39 is 0 Å². The van der Waals surface area contributed by atoms with Crippen molar-refractivity contribution in [3.63, 3.8) is 0 Å². The van der Waals surface area contributed by atoms with Gasteiger partial charge in [-0.2, -0.15) is 10.4 Å². The van der Waals surface area contributed by atoms with Gasteiger partial charge in [0.15, 0.2) is 0 Å². The normalized spacial score (nSPS) is 10.0. The van der Waals surface area contributed by atoms with E-state index in [-0.39, 0.29) is 0 Å². The minimum atomic E-state index is 0.381. The van der Waals surface area contributed by atoms with Crippen molar-refractivity contribution in [2.24, 2.45) is 0 Å². The van der Waals surface area contributed by atoms with E-state index in [9.17, 15) is 0 Å². The van der Waals surface area contributed by atoms with Crippen molar-refractivity contribution < 1.29 is 4.74 Å². The Hall–Kier alpha value is -2.39. The molecule has 0 saturated heterocycles. The van der Waals surface area contributed by atoms with Gasteiger partial charge in [-0.25, -0.2) is 4.98 Å². The molecule has 0 unspecified atom stereocenters. The van der Waals surface area contributed by atoms with Crippen molar-refractivity contribution in [2.75, 3.05) is 19.0 Å². The number of rotatable bonds is 5. The molecule has 0 atom stereocenters. The van der Waals surface area contributed by atoms with Gasteiger partial charge in [0.05, 0.1) is 25.0 Å². The summed E-state index contributed by atoms with van der Waals surface area (Å²) in [6.45, 7) is 1.33. The van der Waals surface area contributed by atoms with E-state index in [2.05, 4.69) is 15.4 Å². The fourth-order valence-electron chi connectivity index (χ4n) is 1.47. The molecule has 2 aromatic heterocycles. The maximum atomic E-state index is 8.76. The first-order valence-corrected chi connectivity index (χ1v) is 5.46. The molecule has 0 fully saturated rings. The van der Waals surface area contributed by atoms with Gasteiger partial charge >= 0.3 is 0 Å². The summed E-state index contributed by atoms with van der Waals surface area (Å²) in [4.78, 5) is 3.91. The molecule has 0 saturated carbocycles. The minimum Gasteiger partial charge on any atom is -0.383 e. The van der Waals surface area contributed by atoms with Crippen LogP contribution in [0.3, 0.4) is 0 Å². The van der Waals surface area contributed by atoms with Crippen LogP contribution >= 0.6 is 0 Å². The summed E-state index contributed by atoms with van der Waals surface area (Å²) in [5, 5.41) is 16.1. The average Bonchev–Trinajstić information content (AvgIpc) is 2.84. The molecule has 0 radical (unpaired) electrons. The van der Waals surface area contributed by atoms with Crippen LogP contribution in [-0.4, -0.2) is 28.5 Å². The van der Waals surface area contributed by atoms with E-state index >= 15 is 0 Å². The third kappa shape index (κ3) is 3.06.